The van der Waals surface area contributed by atoms with E-state index in [1.54, 1.807) is 7.11 Å². The van der Waals surface area contributed by atoms with Gasteiger partial charge < -0.3 is 20.1 Å². The van der Waals surface area contributed by atoms with Gasteiger partial charge in [0.1, 0.15) is 24.4 Å². The lowest BCUT2D eigenvalue weighted by Gasteiger charge is -2.28. The molecule has 1 fully saturated rings. The summed E-state index contributed by atoms with van der Waals surface area (Å²) in [5.41, 5.74) is 9.71. The number of rotatable bonds is 7. The van der Waals surface area contributed by atoms with Crippen LogP contribution in [-0.2, 0) is 11.3 Å². The maximum absolute atomic E-state index is 6.30. The summed E-state index contributed by atoms with van der Waals surface area (Å²) in [6, 6.07) is 9.95. The molecule has 3 aromatic heterocycles. The summed E-state index contributed by atoms with van der Waals surface area (Å²) in [5, 5.41) is 6.77. The van der Waals surface area contributed by atoms with Gasteiger partial charge in [0.25, 0.3) is 0 Å². The van der Waals surface area contributed by atoms with Crippen molar-refractivity contribution in [2.24, 2.45) is 5.92 Å². The highest BCUT2D eigenvalue weighted by Gasteiger charge is 2.22. The Morgan fingerprint density at radius 2 is 1.94 bits per heavy atom. The summed E-state index contributed by atoms with van der Waals surface area (Å²) in [7, 11) is 3.82. The number of methoxy groups -OCH3 is 1. The van der Waals surface area contributed by atoms with Crippen molar-refractivity contribution in [1.82, 2.24) is 29.6 Å². The largest absolute Gasteiger partial charge is 0.475 e. The Hall–Kier alpha value is -3.30. The second kappa shape index (κ2) is 9.29. The molecule has 0 atom stereocenters. The second-order valence-electron chi connectivity index (χ2n) is 8.63. The topological polar surface area (TPSA) is 104 Å². The smallest absolute Gasteiger partial charge is 0.213 e. The van der Waals surface area contributed by atoms with Crippen LogP contribution in [0.5, 0.6) is 5.88 Å². The molecular formula is C24H29N7O2. The van der Waals surface area contributed by atoms with Gasteiger partial charge in [-0.3, -0.25) is 0 Å². The fourth-order valence-electron chi connectivity index (χ4n) is 4.41. The molecule has 0 saturated carbocycles. The van der Waals surface area contributed by atoms with E-state index in [1.807, 2.05) is 28.9 Å². The number of hydrogen-bond donors (Lipinski definition) is 1. The highest BCUT2D eigenvalue weighted by atomic mass is 16.5. The molecule has 1 aliphatic rings. The fourth-order valence-corrected chi connectivity index (χ4v) is 4.41. The van der Waals surface area contributed by atoms with Crippen molar-refractivity contribution in [1.29, 1.82) is 0 Å². The monoisotopic (exact) mass is 447 g/mol. The van der Waals surface area contributed by atoms with E-state index in [1.165, 1.54) is 6.33 Å². The van der Waals surface area contributed by atoms with Crippen LogP contribution in [0.4, 0.5) is 5.82 Å². The molecule has 1 aromatic carbocycles. The maximum Gasteiger partial charge on any atom is 0.213 e. The van der Waals surface area contributed by atoms with Crippen LogP contribution >= 0.6 is 0 Å². The number of aromatic nitrogens is 5. The molecule has 0 aliphatic carbocycles. The fraction of sp³-hybridized carbons (Fsp3) is 0.417. The van der Waals surface area contributed by atoms with Gasteiger partial charge in [0.2, 0.25) is 5.88 Å². The van der Waals surface area contributed by atoms with Gasteiger partial charge in [-0.25, -0.2) is 19.6 Å². The molecule has 5 rings (SSSR count). The first kappa shape index (κ1) is 21.5. The Labute approximate surface area is 192 Å². The van der Waals surface area contributed by atoms with E-state index in [-0.39, 0.29) is 0 Å². The van der Waals surface area contributed by atoms with E-state index >= 15 is 0 Å². The van der Waals surface area contributed by atoms with Crippen molar-refractivity contribution in [3.05, 3.63) is 36.7 Å². The molecule has 33 heavy (non-hydrogen) atoms. The highest BCUT2D eigenvalue weighted by molar-refractivity contribution is 5.99. The number of ether oxygens (including phenoxy) is 2. The molecular weight excluding hydrogens is 418 g/mol. The average Bonchev–Trinajstić information content (AvgIpc) is 3.20. The number of fused-ring (bicyclic) bond motifs is 2. The zero-order chi connectivity index (χ0) is 22.8. The number of nitrogens with two attached hydrogens (primary N) is 1. The van der Waals surface area contributed by atoms with Gasteiger partial charge in [-0.2, -0.15) is 5.10 Å². The van der Waals surface area contributed by atoms with Gasteiger partial charge in [0.05, 0.1) is 17.5 Å². The first-order chi connectivity index (χ1) is 16.1. The van der Waals surface area contributed by atoms with Crippen molar-refractivity contribution in [2.75, 3.05) is 46.2 Å². The number of hydrogen-bond acceptors (Lipinski definition) is 8. The molecule has 172 valence electrons. The molecule has 1 saturated heterocycles. The first-order valence-corrected chi connectivity index (χ1v) is 11.3. The normalized spacial score (nSPS) is 15.5. The summed E-state index contributed by atoms with van der Waals surface area (Å²) in [5.74, 6) is 1.60. The van der Waals surface area contributed by atoms with Crippen LogP contribution in [0.25, 0.3) is 33.2 Å². The predicted molar refractivity (Wildman–Crippen MR) is 128 cm³/mol. The summed E-state index contributed by atoms with van der Waals surface area (Å²) < 4.78 is 12.7. The number of anilines is 1. The molecule has 9 nitrogen and oxygen atoms in total. The lowest BCUT2D eigenvalue weighted by molar-refractivity contribution is 0.144. The number of nitrogen functional groups attached to an aromatic ring is 1. The molecule has 4 heterocycles. The van der Waals surface area contributed by atoms with Crippen LogP contribution < -0.4 is 10.5 Å². The lowest BCUT2D eigenvalue weighted by atomic mass is 9.97. The van der Waals surface area contributed by atoms with Crippen LogP contribution in [0.15, 0.2) is 36.7 Å². The number of piperidine rings is 1. The van der Waals surface area contributed by atoms with Crippen molar-refractivity contribution < 1.29 is 9.47 Å². The zero-order valence-electron chi connectivity index (χ0n) is 19.1. The van der Waals surface area contributed by atoms with Crippen LogP contribution in [0.3, 0.4) is 0 Å². The molecule has 1 aliphatic heterocycles. The minimum absolute atomic E-state index is 0.449. The predicted octanol–water partition coefficient (Wildman–Crippen LogP) is 2.99. The van der Waals surface area contributed by atoms with Crippen molar-refractivity contribution in [2.45, 2.75) is 19.4 Å². The van der Waals surface area contributed by atoms with Gasteiger partial charge in [0.15, 0.2) is 5.65 Å². The van der Waals surface area contributed by atoms with E-state index in [4.69, 9.17) is 20.3 Å². The van der Waals surface area contributed by atoms with Crippen LogP contribution in [0, 0.1) is 5.92 Å². The Morgan fingerprint density at radius 1 is 1.09 bits per heavy atom. The molecule has 0 radical (unpaired) electrons. The Kier molecular flexibility index (Phi) is 6.06. The SMILES string of the molecule is COCCOc1ccc2cc(-c3nn(CC4CCN(C)CC4)c4ncnc(N)c34)ccc2n1. The Morgan fingerprint density at radius 3 is 2.76 bits per heavy atom. The van der Waals surface area contributed by atoms with E-state index in [2.05, 4.69) is 33.0 Å². The van der Waals surface area contributed by atoms with Gasteiger partial charge >= 0.3 is 0 Å². The standard InChI is InChI=1S/C24H29N7O2/c1-30-9-7-16(8-10-30)14-31-24-21(23(25)26-15-27-24)22(29-31)18-3-5-19-17(13-18)4-6-20(28-19)33-12-11-32-2/h3-6,13,15-16H,7-12,14H2,1-2H3,(H2,25,26,27). The number of likely N-dealkylation sites (tertiary alicyclic amines) is 1. The van der Waals surface area contributed by atoms with Gasteiger partial charge in [0, 0.05) is 30.7 Å². The highest BCUT2D eigenvalue weighted by Crippen LogP contribution is 2.33. The van der Waals surface area contributed by atoms with Crippen molar-refractivity contribution in [3.63, 3.8) is 0 Å². The summed E-state index contributed by atoms with van der Waals surface area (Å²) >= 11 is 0. The van der Waals surface area contributed by atoms with Crippen molar-refractivity contribution >= 4 is 27.8 Å². The van der Waals surface area contributed by atoms with Gasteiger partial charge in [-0.15, -0.1) is 0 Å². The summed E-state index contributed by atoms with van der Waals surface area (Å²) in [4.78, 5) is 15.7. The molecule has 4 aromatic rings. The van der Waals surface area contributed by atoms with Crippen LogP contribution in [-0.4, -0.2) is 70.1 Å². The molecule has 9 heteroatoms. The molecule has 2 N–H and O–H groups in total. The third-order valence-corrected chi connectivity index (χ3v) is 6.30. The van der Waals surface area contributed by atoms with E-state index in [9.17, 15) is 0 Å². The molecule has 0 amide bonds. The van der Waals surface area contributed by atoms with Gasteiger partial charge in [-0.1, -0.05) is 6.07 Å². The summed E-state index contributed by atoms with van der Waals surface area (Å²) in [6.07, 6.45) is 3.83. The maximum atomic E-state index is 6.30. The number of benzene rings is 1. The zero-order valence-corrected chi connectivity index (χ0v) is 19.1. The third kappa shape index (κ3) is 4.46. The van der Waals surface area contributed by atoms with Crippen LogP contribution in [0.2, 0.25) is 0 Å². The van der Waals surface area contributed by atoms with E-state index in [0.717, 1.165) is 65.7 Å². The minimum atomic E-state index is 0.449. The third-order valence-electron chi connectivity index (χ3n) is 6.30. The van der Waals surface area contributed by atoms with Crippen molar-refractivity contribution in [3.8, 4) is 17.1 Å². The Bertz CT molecular complexity index is 1260. The van der Waals surface area contributed by atoms with Crippen LogP contribution in [0.1, 0.15) is 12.8 Å². The van der Waals surface area contributed by atoms with Gasteiger partial charge in [-0.05, 0) is 57.1 Å². The second-order valence-corrected chi connectivity index (χ2v) is 8.63. The molecule has 0 unspecified atom stereocenters. The quantitative estimate of drug-likeness (QED) is 0.431. The molecule has 0 bridgehead atoms. The number of pyridine rings is 1. The Balaban J connectivity index is 1.49. The first-order valence-electron chi connectivity index (χ1n) is 11.3. The number of nitrogens with zero attached hydrogens (tertiary/aromatic N) is 6. The van der Waals surface area contributed by atoms with E-state index in [0.29, 0.717) is 30.8 Å². The minimum Gasteiger partial charge on any atom is -0.475 e. The summed E-state index contributed by atoms with van der Waals surface area (Å²) in [6.45, 7) is 4.05. The molecule has 0 spiro atoms. The average molecular weight is 448 g/mol. The lowest BCUT2D eigenvalue weighted by Crippen LogP contribution is -2.32. The van der Waals surface area contributed by atoms with E-state index < -0.39 is 0 Å².